The fourth-order valence-corrected chi connectivity index (χ4v) is 1.54. The number of alkyl halides is 3. The Morgan fingerprint density at radius 1 is 1.13 bits per heavy atom. The Kier molecular flexibility index (Phi) is 5.68. The number of rotatable bonds is 7. The molecule has 0 N–H and O–H groups in total. The molecule has 0 saturated heterocycles. The SMILES string of the molecule is CCC(CC)(CCCC(F)(F)F)OC=O. The normalized spacial score (nSPS) is 12.6. The zero-order valence-corrected chi connectivity index (χ0v) is 9.06. The van der Waals surface area contributed by atoms with Crippen LogP contribution in [-0.4, -0.2) is 18.2 Å². The fraction of sp³-hybridized carbons (Fsp3) is 0.900. The number of halogens is 3. The van der Waals surface area contributed by atoms with Crippen molar-refractivity contribution in [1.82, 2.24) is 0 Å². The zero-order chi connectivity index (χ0) is 11.9. The zero-order valence-electron chi connectivity index (χ0n) is 9.06. The minimum Gasteiger partial charge on any atom is -0.461 e. The van der Waals surface area contributed by atoms with E-state index >= 15 is 0 Å². The smallest absolute Gasteiger partial charge is 0.389 e. The van der Waals surface area contributed by atoms with Crippen LogP contribution in [0.3, 0.4) is 0 Å². The topological polar surface area (TPSA) is 26.3 Å². The molecule has 0 aliphatic carbocycles. The lowest BCUT2D eigenvalue weighted by atomic mass is 9.91. The van der Waals surface area contributed by atoms with E-state index in [4.69, 9.17) is 4.74 Å². The summed E-state index contributed by atoms with van der Waals surface area (Å²) in [4.78, 5) is 10.3. The van der Waals surface area contributed by atoms with E-state index in [1.54, 1.807) is 13.8 Å². The lowest BCUT2D eigenvalue weighted by molar-refractivity contribution is -0.149. The average Bonchev–Trinajstić information content (AvgIpc) is 2.14. The highest BCUT2D eigenvalue weighted by Crippen LogP contribution is 2.30. The van der Waals surface area contributed by atoms with Crippen molar-refractivity contribution in [2.45, 2.75) is 57.7 Å². The van der Waals surface area contributed by atoms with E-state index in [9.17, 15) is 18.0 Å². The van der Waals surface area contributed by atoms with Crippen LogP contribution in [0.25, 0.3) is 0 Å². The van der Waals surface area contributed by atoms with Crippen molar-refractivity contribution in [2.24, 2.45) is 0 Å². The van der Waals surface area contributed by atoms with Gasteiger partial charge >= 0.3 is 6.18 Å². The third-order valence-electron chi connectivity index (χ3n) is 2.68. The molecular weight excluding hydrogens is 209 g/mol. The lowest BCUT2D eigenvalue weighted by Crippen LogP contribution is -2.31. The van der Waals surface area contributed by atoms with Gasteiger partial charge in [0.15, 0.2) is 0 Å². The maximum absolute atomic E-state index is 11.9. The summed E-state index contributed by atoms with van der Waals surface area (Å²) in [7, 11) is 0. The Morgan fingerprint density at radius 3 is 2.00 bits per heavy atom. The molecule has 5 heteroatoms. The first-order chi connectivity index (χ1) is 6.89. The highest BCUT2D eigenvalue weighted by Gasteiger charge is 2.31. The quantitative estimate of drug-likeness (QED) is 0.621. The van der Waals surface area contributed by atoms with Gasteiger partial charge in [-0.3, -0.25) is 4.79 Å². The molecule has 0 aliphatic rings. The first-order valence-electron chi connectivity index (χ1n) is 5.07. The second-order valence-corrected chi connectivity index (χ2v) is 3.57. The molecule has 0 aliphatic heterocycles. The van der Waals surface area contributed by atoms with E-state index in [1.807, 2.05) is 0 Å². The second kappa shape index (κ2) is 5.98. The van der Waals surface area contributed by atoms with Crippen LogP contribution in [0, 0.1) is 0 Å². The van der Waals surface area contributed by atoms with E-state index in [0.717, 1.165) is 0 Å². The first kappa shape index (κ1) is 14.3. The predicted octanol–water partition coefficient (Wildman–Crippen LogP) is 3.45. The monoisotopic (exact) mass is 226 g/mol. The van der Waals surface area contributed by atoms with Crippen molar-refractivity contribution in [3.63, 3.8) is 0 Å². The fourth-order valence-electron chi connectivity index (χ4n) is 1.54. The molecule has 0 bridgehead atoms. The Morgan fingerprint density at radius 2 is 1.67 bits per heavy atom. The number of ether oxygens (including phenoxy) is 1. The highest BCUT2D eigenvalue weighted by atomic mass is 19.4. The van der Waals surface area contributed by atoms with Crippen LogP contribution >= 0.6 is 0 Å². The minimum absolute atomic E-state index is 0.000972. The number of carbonyl (C=O) groups excluding carboxylic acids is 1. The van der Waals surface area contributed by atoms with Gasteiger partial charge in [0.2, 0.25) is 0 Å². The van der Waals surface area contributed by atoms with Crippen molar-refractivity contribution in [2.75, 3.05) is 0 Å². The van der Waals surface area contributed by atoms with Gasteiger partial charge in [0.05, 0.1) is 0 Å². The molecule has 0 heterocycles. The van der Waals surface area contributed by atoms with Gasteiger partial charge < -0.3 is 4.74 Å². The Balaban J connectivity index is 4.12. The first-order valence-corrected chi connectivity index (χ1v) is 5.07. The van der Waals surface area contributed by atoms with Crippen LogP contribution in [0.5, 0.6) is 0 Å². The standard InChI is InChI=1S/C10H17F3O2/c1-3-9(4-2,15-8-14)6-5-7-10(11,12)13/h8H,3-7H2,1-2H3. The summed E-state index contributed by atoms with van der Waals surface area (Å²) in [6.45, 7) is 3.93. The molecule has 15 heavy (non-hydrogen) atoms. The summed E-state index contributed by atoms with van der Waals surface area (Å²) in [5.41, 5.74) is -0.715. The Labute approximate surface area is 87.8 Å². The van der Waals surface area contributed by atoms with Crippen LogP contribution < -0.4 is 0 Å². The molecule has 0 saturated carbocycles. The third-order valence-corrected chi connectivity index (χ3v) is 2.68. The molecule has 0 radical (unpaired) electrons. The third kappa shape index (κ3) is 5.64. The van der Waals surface area contributed by atoms with Gasteiger partial charge in [0.1, 0.15) is 5.60 Å². The summed E-state index contributed by atoms with van der Waals surface area (Å²) in [5, 5.41) is 0. The van der Waals surface area contributed by atoms with Crippen molar-refractivity contribution in [3.8, 4) is 0 Å². The van der Waals surface area contributed by atoms with Crippen molar-refractivity contribution >= 4 is 6.47 Å². The Bertz CT molecular complexity index is 186. The van der Waals surface area contributed by atoms with Crippen LogP contribution in [0.1, 0.15) is 46.0 Å². The van der Waals surface area contributed by atoms with Crippen LogP contribution in [-0.2, 0) is 9.53 Å². The molecule has 0 unspecified atom stereocenters. The van der Waals surface area contributed by atoms with Crippen molar-refractivity contribution < 1.29 is 22.7 Å². The summed E-state index contributed by atoms with van der Waals surface area (Å²) < 4.78 is 40.6. The molecule has 0 fully saturated rings. The van der Waals surface area contributed by atoms with Crippen molar-refractivity contribution in [3.05, 3.63) is 0 Å². The van der Waals surface area contributed by atoms with Crippen molar-refractivity contribution in [1.29, 1.82) is 0 Å². The summed E-state index contributed by atoms with van der Waals surface area (Å²) >= 11 is 0. The summed E-state index contributed by atoms with van der Waals surface area (Å²) in [6, 6.07) is 0. The molecular formula is C10H17F3O2. The molecule has 0 amide bonds. The van der Waals surface area contributed by atoms with E-state index in [0.29, 0.717) is 19.3 Å². The van der Waals surface area contributed by atoms with Gasteiger partial charge in [-0.1, -0.05) is 13.8 Å². The van der Waals surface area contributed by atoms with E-state index in [1.165, 1.54) is 0 Å². The van der Waals surface area contributed by atoms with Crippen LogP contribution in [0.15, 0.2) is 0 Å². The van der Waals surface area contributed by atoms with Gasteiger partial charge in [-0.25, -0.2) is 0 Å². The Hall–Kier alpha value is -0.740. The van der Waals surface area contributed by atoms with Crippen LogP contribution in [0.2, 0.25) is 0 Å². The van der Waals surface area contributed by atoms with Gasteiger partial charge in [-0.05, 0) is 25.7 Å². The number of carbonyl (C=O) groups is 1. The molecule has 0 atom stereocenters. The maximum atomic E-state index is 11.9. The van der Waals surface area contributed by atoms with E-state index < -0.39 is 18.2 Å². The molecule has 90 valence electrons. The highest BCUT2D eigenvalue weighted by molar-refractivity contribution is 5.38. The maximum Gasteiger partial charge on any atom is 0.389 e. The molecule has 0 rings (SSSR count). The summed E-state index contributed by atoms with van der Waals surface area (Å²) in [6.07, 6.45) is -3.61. The molecule has 0 aromatic heterocycles. The van der Waals surface area contributed by atoms with Crippen LogP contribution in [0.4, 0.5) is 13.2 Å². The largest absolute Gasteiger partial charge is 0.461 e. The number of hydrogen-bond acceptors (Lipinski definition) is 2. The van der Waals surface area contributed by atoms with Gasteiger partial charge in [0, 0.05) is 6.42 Å². The average molecular weight is 226 g/mol. The van der Waals surface area contributed by atoms with Gasteiger partial charge in [-0.2, -0.15) is 13.2 Å². The van der Waals surface area contributed by atoms with E-state index in [-0.39, 0.29) is 12.8 Å². The predicted molar refractivity (Wildman–Crippen MR) is 50.4 cm³/mol. The summed E-state index contributed by atoms with van der Waals surface area (Å²) in [5.74, 6) is 0. The van der Waals surface area contributed by atoms with Gasteiger partial charge in [0.25, 0.3) is 6.47 Å². The lowest BCUT2D eigenvalue weighted by Gasteiger charge is -2.29. The molecule has 2 nitrogen and oxygen atoms in total. The molecule has 0 aromatic carbocycles. The second-order valence-electron chi connectivity index (χ2n) is 3.57. The van der Waals surface area contributed by atoms with E-state index in [2.05, 4.69) is 0 Å². The molecule has 0 aromatic rings. The number of hydrogen-bond donors (Lipinski definition) is 0. The molecule has 0 spiro atoms. The minimum atomic E-state index is -4.13. The van der Waals surface area contributed by atoms with Gasteiger partial charge in [-0.15, -0.1) is 0 Å².